The second-order valence-corrected chi connectivity index (χ2v) is 9.42. The van der Waals surface area contributed by atoms with Crippen LogP contribution in [0.5, 0.6) is 0 Å². The van der Waals surface area contributed by atoms with Crippen LogP contribution >= 0.6 is 23.2 Å². The Morgan fingerprint density at radius 3 is 2.22 bits per heavy atom. The van der Waals surface area contributed by atoms with Crippen molar-refractivity contribution in [3.8, 4) is 0 Å². The molecule has 0 aliphatic carbocycles. The van der Waals surface area contributed by atoms with Gasteiger partial charge in [-0.25, -0.2) is 13.2 Å². The zero-order valence-electron chi connectivity index (χ0n) is 17.0. The monoisotopic (exact) mass is 493 g/mol. The standard InChI is InChI=1S/C22H21Cl2N3O4S/c1-14(19-3-2-4-20(23)21(19)24)25-22(29)26-16-9-11-18(12-10-16)32(30,31)27-17-7-5-15(13-28)6-8-17/h2-12,14,27-28H,13H2,1H3,(H2,25,26,29)/t14-/m0/s1. The molecule has 0 saturated heterocycles. The van der Waals surface area contributed by atoms with E-state index in [1.54, 1.807) is 49.4 Å². The van der Waals surface area contributed by atoms with Crippen molar-refractivity contribution in [3.63, 3.8) is 0 Å². The number of carbonyl (C=O) groups excluding carboxylic acids is 1. The number of rotatable bonds is 7. The molecule has 3 rings (SSSR count). The van der Waals surface area contributed by atoms with Crippen LogP contribution in [0.4, 0.5) is 16.2 Å². The van der Waals surface area contributed by atoms with Crippen LogP contribution < -0.4 is 15.4 Å². The highest BCUT2D eigenvalue weighted by Crippen LogP contribution is 2.29. The van der Waals surface area contributed by atoms with E-state index in [4.69, 9.17) is 28.3 Å². The lowest BCUT2D eigenvalue weighted by Crippen LogP contribution is -2.31. The topological polar surface area (TPSA) is 108 Å². The number of hydrogen-bond acceptors (Lipinski definition) is 4. The van der Waals surface area contributed by atoms with E-state index >= 15 is 0 Å². The predicted molar refractivity (Wildman–Crippen MR) is 127 cm³/mol. The average molecular weight is 494 g/mol. The van der Waals surface area contributed by atoms with Gasteiger partial charge in [0.1, 0.15) is 0 Å². The van der Waals surface area contributed by atoms with Gasteiger partial charge in [-0.3, -0.25) is 4.72 Å². The largest absolute Gasteiger partial charge is 0.392 e. The number of aliphatic hydroxyl groups is 1. The molecule has 1 atom stereocenters. The number of anilines is 2. The fourth-order valence-electron chi connectivity index (χ4n) is 2.91. The Kier molecular flexibility index (Phi) is 7.63. The van der Waals surface area contributed by atoms with Crippen LogP contribution in [0.3, 0.4) is 0 Å². The normalized spacial score (nSPS) is 12.1. The summed E-state index contributed by atoms with van der Waals surface area (Å²) < 4.78 is 27.6. The molecule has 0 fully saturated rings. The van der Waals surface area contributed by atoms with Crippen molar-refractivity contribution in [1.29, 1.82) is 0 Å². The lowest BCUT2D eigenvalue weighted by molar-refractivity contribution is 0.249. The molecule has 3 aromatic rings. The molecule has 0 spiro atoms. The van der Waals surface area contributed by atoms with E-state index in [0.29, 0.717) is 32.5 Å². The second kappa shape index (κ2) is 10.2. The number of amides is 2. The minimum absolute atomic E-state index is 0.0359. The van der Waals surface area contributed by atoms with Crippen molar-refractivity contribution in [2.24, 2.45) is 0 Å². The molecule has 0 bridgehead atoms. The van der Waals surface area contributed by atoms with E-state index in [2.05, 4.69) is 15.4 Å². The van der Waals surface area contributed by atoms with Crippen molar-refractivity contribution in [3.05, 3.63) is 87.9 Å². The van der Waals surface area contributed by atoms with Gasteiger partial charge in [0.15, 0.2) is 0 Å². The summed E-state index contributed by atoms with van der Waals surface area (Å²) >= 11 is 12.2. The summed E-state index contributed by atoms with van der Waals surface area (Å²) in [6.45, 7) is 1.64. The van der Waals surface area contributed by atoms with Gasteiger partial charge in [-0.1, -0.05) is 47.5 Å². The number of urea groups is 1. The maximum Gasteiger partial charge on any atom is 0.319 e. The smallest absolute Gasteiger partial charge is 0.319 e. The molecule has 2 amide bonds. The lowest BCUT2D eigenvalue weighted by Gasteiger charge is -2.17. The molecule has 32 heavy (non-hydrogen) atoms. The third kappa shape index (κ3) is 5.92. The first-order valence-corrected chi connectivity index (χ1v) is 11.8. The molecule has 3 aromatic carbocycles. The maximum atomic E-state index is 12.6. The average Bonchev–Trinajstić information content (AvgIpc) is 2.76. The minimum Gasteiger partial charge on any atom is -0.392 e. The summed E-state index contributed by atoms with van der Waals surface area (Å²) in [4.78, 5) is 12.4. The van der Waals surface area contributed by atoms with Crippen LogP contribution in [0.15, 0.2) is 71.6 Å². The maximum absolute atomic E-state index is 12.6. The Balaban J connectivity index is 1.63. The summed E-state index contributed by atoms with van der Waals surface area (Å²) in [5, 5.41) is 15.2. The number of hydrogen-bond donors (Lipinski definition) is 4. The van der Waals surface area contributed by atoms with E-state index in [0.717, 1.165) is 0 Å². The third-order valence-electron chi connectivity index (χ3n) is 4.61. The van der Waals surface area contributed by atoms with Crippen LogP contribution in [0.25, 0.3) is 0 Å². The van der Waals surface area contributed by atoms with Crippen molar-refractivity contribution in [2.45, 2.75) is 24.5 Å². The molecule has 0 saturated carbocycles. The van der Waals surface area contributed by atoms with E-state index in [-0.39, 0.29) is 11.5 Å². The highest BCUT2D eigenvalue weighted by Gasteiger charge is 2.16. The molecule has 0 aromatic heterocycles. The molecule has 0 radical (unpaired) electrons. The molecule has 4 N–H and O–H groups in total. The van der Waals surface area contributed by atoms with Gasteiger partial charge < -0.3 is 15.7 Å². The molecule has 0 unspecified atom stereocenters. The highest BCUT2D eigenvalue weighted by molar-refractivity contribution is 7.92. The van der Waals surface area contributed by atoms with Gasteiger partial charge in [-0.05, 0) is 60.5 Å². The summed E-state index contributed by atoms with van der Waals surface area (Å²) in [5.74, 6) is 0. The number of benzene rings is 3. The first kappa shape index (κ1) is 23.9. The summed E-state index contributed by atoms with van der Waals surface area (Å²) in [6, 6.07) is 16.4. The SMILES string of the molecule is C[C@H](NC(=O)Nc1ccc(S(=O)(=O)Nc2ccc(CO)cc2)cc1)c1cccc(Cl)c1Cl. The van der Waals surface area contributed by atoms with Crippen molar-refractivity contribution >= 4 is 50.6 Å². The number of sulfonamides is 1. The Bertz CT molecular complexity index is 1200. The van der Waals surface area contributed by atoms with E-state index in [1.165, 1.54) is 24.3 Å². The van der Waals surface area contributed by atoms with Gasteiger partial charge in [-0.2, -0.15) is 0 Å². The molecule has 7 nitrogen and oxygen atoms in total. The second-order valence-electron chi connectivity index (χ2n) is 6.95. The van der Waals surface area contributed by atoms with Crippen molar-refractivity contribution in [1.82, 2.24) is 5.32 Å². The van der Waals surface area contributed by atoms with Gasteiger partial charge >= 0.3 is 6.03 Å². The summed E-state index contributed by atoms with van der Waals surface area (Å²) in [7, 11) is -3.81. The minimum atomic E-state index is -3.81. The number of carbonyl (C=O) groups is 1. The molecule has 0 aliphatic heterocycles. The molecule has 0 heterocycles. The van der Waals surface area contributed by atoms with Gasteiger partial charge in [0.05, 0.1) is 27.6 Å². The van der Waals surface area contributed by atoms with Crippen LogP contribution in [0.1, 0.15) is 24.1 Å². The van der Waals surface area contributed by atoms with E-state index in [1.807, 2.05) is 0 Å². The fourth-order valence-corrected chi connectivity index (χ4v) is 4.44. The molecular weight excluding hydrogens is 473 g/mol. The number of nitrogens with one attached hydrogen (secondary N) is 3. The van der Waals surface area contributed by atoms with Gasteiger partial charge in [0.2, 0.25) is 0 Å². The van der Waals surface area contributed by atoms with Crippen molar-refractivity contribution < 1.29 is 18.3 Å². The van der Waals surface area contributed by atoms with Crippen LogP contribution in [0, 0.1) is 0 Å². The van der Waals surface area contributed by atoms with Crippen LogP contribution in [0.2, 0.25) is 10.0 Å². The van der Waals surface area contributed by atoms with Crippen LogP contribution in [-0.2, 0) is 16.6 Å². The quantitative estimate of drug-likeness (QED) is 0.364. The molecular formula is C22H21Cl2N3O4S. The van der Waals surface area contributed by atoms with E-state index < -0.39 is 22.1 Å². The first-order chi connectivity index (χ1) is 15.2. The zero-order chi connectivity index (χ0) is 23.3. The Hall–Kier alpha value is -2.78. The van der Waals surface area contributed by atoms with Gasteiger partial charge in [0.25, 0.3) is 10.0 Å². The third-order valence-corrected chi connectivity index (χ3v) is 6.84. The summed E-state index contributed by atoms with van der Waals surface area (Å²) in [6.07, 6.45) is 0. The predicted octanol–water partition coefficient (Wildman–Crippen LogP) is 5.17. The van der Waals surface area contributed by atoms with E-state index in [9.17, 15) is 13.2 Å². The molecule has 0 aliphatic rings. The zero-order valence-corrected chi connectivity index (χ0v) is 19.3. The molecule has 168 valence electrons. The Morgan fingerprint density at radius 2 is 1.59 bits per heavy atom. The number of halogens is 2. The molecule has 10 heteroatoms. The van der Waals surface area contributed by atoms with Crippen molar-refractivity contribution in [2.75, 3.05) is 10.0 Å². The lowest BCUT2D eigenvalue weighted by atomic mass is 10.1. The number of aliphatic hydroxyl groups excluding tert-OH is 1. The Labute approximate surface area is 196 Å². The highest BCUT2D eigenvalue weighted by atomic mass is 35.5. The Morgan fingerprint density at radius 1 is 0.969 bits per heavy atom. The van der Waals surface area contributed by atoms with Gasteiger partial charge in [-0.15, -0.1) is 0 Å². The van der Waals surface area contributed by atoms with Gasteiger partial charge in [0, 0.05) is 11.4 Å². The first-order valence-electron chi connectivity index (χ1n) is 9.53. The van der Waals surface area contributed by atoms with Crippen LogP contribution in [-0.4, -0.2) is 19.6 Å². The summed E-state index contributed by atoms with van der Waals surface area (Å²) in [5.41, 5.74) is 2.14. The fraction of sp³-hybridized carbons (Fsp3) is 0.136.